The number of amides is 1. The number of rotatable bonds is 2. The summed E-state index contributed by atoms with van der Waals surface area (Å²) in [6.45, 7) is 0. The molecule has 112 valence electrons. The number of hydrogen-bond acceptors (Lipinski definition) is 3. The van der Waals surface area contributed by atoms with Gasteiger partial charge in [-0.25, -0.2) is 8.42 Å². The van der Waals surface area contributed by atoms with Crippen LogP contribution in [0.15, 0.2) is 24.3 Å². The van der Waals surface area contributed by atoms with Crippen molar-refractivity contribution in [1.29, 1.82) is 0 Å². The third kappa shape index (κ3) is 2.65. The molecule has 1 N–H and O–H groups in total. The quantitative estimate of drug-likeness (QED) is 0.914. The number of nitrogens with zero attached hydrogens (tertiary/aromatic N) is 1. The average molecular weight is 327 g/mol. The molecule has 5 nitrogen and oxygen atoms in total. The molecule has 0 saturated carbocycles. The third-order valence-corrected chi connectivity index (χ3v) is 5.88. The molecule has 1 fully saturated rings. The molecule has 21 heavy (non-hydrogen) atoms. The first-order chi connectivity index (χ1) is 9.87. The standard InChI is InChI=1S/C14H15ClN2O3S/c1-17-12(7-9-3-2-4-11(15)13(9)17)14(18)16-10-5-6-21(19,20)8-10/h2-4,7,10H,5-6,8H2,1H3,(H,16,18). The summed E-state index contributed by atoms with van der Waals surface area (Å²) in [6, 6.07) is 6.94. The van der Waals surface area contributed by atoms with Gasteiger partial charge in [-0.05, 0) is 18.6 Å². The maximum atomic E-state index is 12.3. The fourth-order valence-electron chi connectivity index (χ4n) is 2.75. The van der Waals surface area contributed by atoms with Crippen LogP contribution in [-0.2, 0) is 16.9 Å². The van der Waals surface area contributed by atoms with Crippen LogP contribution in [0.1, 0.15) is 16.9 Å². The average Bonchev–Trinajstić information content (AvgIpc) is 2.91. The Labute approximate surface area is 127 Å². The van der Waals surface area contributed by atoms with Crippen LogP contribution in [0, 0.1) is 0 Å². The van der Waals surface area contributed by atoms with Crippen molar-refractivity contribution in [1.82, 2.24) is 9.88 Å². The molecule has 3 rings (SSSR count). The van der Waals surface area contributed by atoms with Crippen molar-refractivity contribution in [2.24, 2.45) is 7.05 Å². The van der Waals surface area contributed by atoms with Crippen molar-refractivity contribution in [2.45, 2.75) is 12.5 Å². The lowest BCUT2D eigenvalue weighted by Crippen LogP contribution is -2.36. The normalized spacial score (nSPS) is 20.8. The van der Waals surface area contributed by atoms with Gasteiger partial charge in [-0.2, -0.15) is 0 Å². The number of carbonyl (C=O) groups excluding carboxylic acids is 1. The van der Waals surface area contributed by atoms with Gasteiger partial charge in [0, 0.05) is 18.5 Å². The van der Waals surface area contributed by atoms with E-state index in [-0.39, 0.29) is 23.5 Å². The fraction of sp³-hybridized carbons (Fsp3) is 0.357. The smallest absolute Gasteiger partial charge is 0.268 e. The molecule has 1 aromatic carbocycles. The third-order valence-electron chi connectivity index (χ3n) is 3.81. The number of aryl methyl sites for hydroxylation is 1. The summed E-state index contributed by atoms with van der Waals surface area (Å²) in [4.78, 5) is 12.3. The number of para-hydroxylation sites is 1. The lowest BCUT2D eigenvalue weighted by atomic mass is 10.2. The number of aromatic nitrogens is 1. The first kappa shape index (κ1) is 14.4. The first-order valence-corrected chi connectivity index (χ1v) is 8.82. The molecule has 1 amide bonds. The molecule has 2 heterocycles. The van der Waals surface area contributed by atoms with E-state index in [9.17, 15) is 13.2 Å². The maximum absolute atomic E-state index is 12.3. The van der Waals surface area contributed by atoms with Crippen molar-refractivity contribution >= 4 is 38.2 Å². The molecule has 1 saturated heterocycles. The minimum Gasteiger partial charge on any atom is -0.347 e. The number of carbonyl (C=O) groups is 1. The highest BCUT2D eigenvalue weighted by molar-refractivity contribution is 7.91. The number of hydrogen-bond donors (Lipinski definition) is 1. The van der Waals surface area contributed by atoms with E-state index in [2.05, 4.69) is 5.32 Å². The Kier molecular flexibility index (Phi) is 3.45. The number of benzene rings is 1. The maximum Gasteiger partial charge on any atom is 0.268 e. The van der Waals surface area contributed by atoms with Crippen LogP contribution >= 0.6 is 11.6 Å². The number of nitrogens with one attached hydrogen (secondary N) is 1. The molecule has 7 heteroatoms. The van der Waals surface area contributed by atoms with Gasteiger partial charge < -0.3 is 9.88 Å². The van der Waals surface area contributed by atoms with E-state index in [1.54, 1.807) is 23.7 Å². The predicted molar refractivity (Wildman–Crippen MR) is 82.5 cm³/mol. The Balaban J connectivity index is 1.89. The van der Waals surface area contributed by atoms with Gasteiger partial charge in [0.15, 0.2) is 9.84 Å². The van der Waals surface area contributed by atoms with Crippen molar-refractivity contribution < 1.29 is 13.2 Å². The van der Waals surface area contributed by atoms with E-state index in [4.69, 9.17) is 11.6 Å². The molecule has 0 bridgehead atoms. The lowest BCUT2D eigenvalue weighted by molar-refractivity contribution is 0.0933. The van der Waals surface area contributed by atoms with Crippen molar-refractivity contribution in [2.75, 3.05) is 11.5 Å². The van der Waals surface area contributed by atoms with Crippen LogP contribution in [0.3, 0.4) is 0 Å². The molecule has 2 aromatic rings. The second kappa shape index (κ2) is 5.03. The van der Waals surface area contributed by atoms with Gasteiger partial charge in [0.05, 0.1) is 22.0 Å². The number of sulfone groups is 1. The number of fused-ring (bicyclic) bond motifs is 1. The fourth-order valence-corrected chi connectivity index (χ4v) is 4.73. The minimum atomic E-state index is -3.01. The molecule has 1 aliphatic rings. The molecule has 1 atom stereocenters. The topological polar surface area (TPSA) is 68.2 Å². The summed E-state index contributed by atoms with van der Waals surface area (Å²) < 4.78 is 24.6. The Bertz CT molecular complexity index is 826. The van der Waals surface area contributed by atoms with Gasteiger partial charge in [0.25, 0.3) is 5.91 Å². The molecule has 1 aromatic heterocycles. The van der Waals surface area contributed by atoms with Gasteiger partial charge in [-0.1, -0.05) is 23.7 Å². The van der Waals surface area contributed by atoms with Crippen LogP contribution in [0.4, 0.5) is 0 Å². The summed E-state index contributed by atoms with van der Waals surface area (Å²) in [5, 5.41) is 4.25. The van der Waals surface area contributed by atoms with E-state index in [0.717, 1.165) is 10.9 Å². The van der Waals surface area contributed by atoms with Crippen LogP contribution in [0.2, 0.25) is 5.02 Å². The van der Waals surface area contributed by atoms with Crippen molar-refractivity contribution in [3.63, 3.8) is 0 Å². The lowest BCUT2D eigenvalue weighted by Gasteiger charge is -2.11. The Hall–Kier alpha value is -1.53. The Morgan fingerprint density at radius 2 is 2.19 bits per heavy atom. The van der Waals surface area contributed by atoms with E-state index in [0.29, 0.717) is 17.1 Å². The second-order valence-corrected chi connectivity index (χ2v) is 7.98. The summed E-state index contributed by atoms with van der Waals surface area (Å²) in [7, 11) is -1.24. The van der Waals surface area contributed by atoms with Crippen molar-refractivity contribution in [3.8, 4) is 0 Å². The summed E-state index contributed by atoms with van der Waals surface area (Å²) in [5.41, 5.74) is 1.27. The minimum absolute atomic E-state index is 0.0173. The monoisotopic (exact) mass is 326 g/mol. The Morgan fingerprint density at radius 3 is 2.81 bits per heavy atom. The number of halogens is 1. The highest BCUT2D eigenvalue weighted by Crippen LogP contribution is 2.26. The van der Waals surface area contributed by atoms with Crippen LogP contribution in [0.25, 0.3) is 10.9 Å². The molecule has 0 radical (unpaired) electrons. The summed E-state index contributed by atoms with van der Waals surface area (Å²) in [5.74, 6) is -0.116. The van der Waals surface area contributed by atoms with E-state index in [1.807, 2.05) is 12.1 Å². The second-order valence-electron chi connectivity index (χ2n) is 5.34. The SMILES string of the molecule is Cn1c(C(=O)NC2CCS(=O)(=O)C2)cc2cccc(Cl)c21. The van der Waals surface area contributed by atoms with Crippen LogP contribution < -0.4 is 5.32 Å². The highest BCUT2D eigenvalue weighted by Gasteiger charge is 2.29. The molecular formula is C14H15ClN2O3S. The van der Waals surface area contributed by atoms with Crippen LogP contribution in [-0.4, -0.2) is 36.4 Å². The first-order valence-electron chi connectivity index (χ1n) is 6.62. The zero-order valence-corrected chi connectivity index (χ0v) is 13.0. The van der Waals surface area contributed by atoms with E-state index < -0.39 is 9.84 Å². The zero-order valence-electron chi connectivity index (χ0n) is 11.5. The summed E-state index contributed by atoms with van der Waals surface area (Å²) in [6.07, 6.45) is 0.471. The Morgan fingerprint density at radius 1 is 1.43 bits per heavy atom. The van der Waals surface area contributed by atoms with Crippen molar-refractivity contribution in [3.05, 3.63) is 35.0 Å². The highest BCUT2D eigenvalue weighted by atomic mass is 35.5. The van der Waals surface area contributed by atoms with Crippen LogP contribution in [0.5, 0.6) is 0 Å². The molecule has 1 unspecified atom stereocenters. The van der Waals surface area contributed by atoms with Gasteiger partial charge >= 0.3 is 0 Å². The molecular weight excluding hydrogens is 312 g/mol. The van der Waals surface area contributed by atoms with E-state index in [1.165, 1.54) is 0 Å². The molecule has 0 spiro atoms. The van der Waals surface area contributed by atoms with Gasteiger partial charge in [-0.15, -0.1) is 0 Å². The van der Waals surface area contributed by atoms with Gasteiger partial charge in [0.1, 0.15) is 5.69 Å². The van der Waals surface area contributed by atoms with Gasteiger partial charge in [-0.3, -0.25) is 4.79 Å². The molecule has 0 aliphatic carbocycles. The summed E-state index contributed by atoms with van der Waals surface area (Å²) >= 11 is 6.16. The zero-order chi connectivity index (χ0) is 15.2. The molecule has 1 aliphatic heterocycles. The van der Waals surface area contributed by atoms with Gasteiger partial charge in [0.2, 0.25) is 0 Å². The van der Waals surface area contributed by atoms with E-state index >= 15 is 0 Å². The largest absolute Gasteiger partial charge is 0.347 e. The predicted octanol–water partition coefficient (Wildman–Crippen LogP) is 1.75.